The van der Waals surface area contributed by atoms with Crippen LogP contribution in [0.15, 0.2) is 109 Å². The summed E-state index contributed by atoms with van der Waals surface area (Å²) in [5.74, 6) is 18.8. The van der Waals surface area contributed by atoms with Gasteiger partial charge in [0.15, 0.2) is 0 Å². The third kappa shape index (κ3) is 7.70. The van der Waals surface area contributed by atoms with Crippen molar-refractivity contribution in [2.24, 2.45) is 53.3 Å². The first-order valence-electron chi connectivity index (χ1n) is 34.8. The molecule has 0 N–H and O–H groups in total. The molecule has 4 atom stereocenters. The van der Waals surface area contributed by atoms with Crippen molar-refractivity contribution in [2.75, 3.05) is 0 Å². The SMILES string of the molecule is c1ccc2c3c(sc2c1)B1c2cc4c(cc2Oc2cc(CCC5CC6CCCC(C6)C5)cc(c21)O3)Oc1cc(C23CC5CC(CC(C5)C2)C3)cc2c1B4c1cc3c(cc1O2)Oc1cc(CCC2CC4CCCC(C4)C2)cc2c1B3c1sc3ccccc3c1O2. The molecule has 0 amide bonds. The highest BCUT2D eigenvalue weighted by molar-refractivity contribution is 7.33. The van der Waals surface area contributed by atoms with Crippen LogP contribution in [0.1, 0.15) is 145 Å². The Labute approximate surface area is 530 Å². The lowest BCUT2D eigenvalue weighted by atomic mass is 9.31. The van der Waals surface area contributed by atoms with Crippen LogP contribution in [0.2, 0.25) is 0 Å². The molecule has 2 aromatic heterocycles. The van der Waals surface area contributed by atoms with E-state index in [4.69, 9.17) is 28.4 Å². The van der Waals surface area contributed by atoms with Gasteiger partial charge < -0.3 is 28.4 Å². The highest BCUT2D eigenvalue weighted by Crippen LogP contribution is 2.62. The molecule has 8 bridgehead atoms. The molecule has 0 spiro atoms. The molecule has 0 saturated heterocycles. The summed E-state index contributed by atoms with van der Waals surface area (Å²) < 4.78 is 49.4. The number of rotatable bonds is 7. The van der Waals surface area contributed by atoms with Crippen LogP contribution in [-0.4, -0.2) is 20.1 Å². The number of fused-ring (bicyclic) bond motifs is 20. The van der Waals surface area contributed by atoms with Gasteiger partial charge in [0.25, 0.3) is 20.1 Å². The Kier molecular flexibility index (Phi) is 10.8. The zero-order valence-corrected chi connectivity index (χ0v) is 52.3. The van der Waals surface area contributed by atoms with Crippen LogP contribution in [0.3, 0.4) is 0 Å². The molecule has 0 radical (unpaired) electrons. The number of benzene rings is 7. The molecule has 440 valence electrons. The second-order valence-electron chi connectivity index (χ2n) is 31.0. The highest BCUT2D eigenvalue weighted by Gasteiger charge is 2.54. The summed E-state index contributed by atoms with van der Waals surface area (Å²) in [6.07, 6.45) is 29.6. The van der Waals surface area contributed by atoms with E-state index in [-0.39, 0.29) is 25.6 Å². The quantitative estimate of drug-likeness (QED) is 0.148. The smallest absolute Gasteiger partial charge is 0.273 e. The van der Waals surface area contributed by atoms with E-state index < -0.39 is 0 Å². The first-order valence-corrected chi connectivity index (χ1v) is 36.5. The summed E-state index contributed by atoms with van der Waals surface area (Å²) in [5, 5.41) is 2.37. The van der Waals surface area contributed by atoms with Crippen molar-refractivity contribution >= 4 is 111 Å². The molecule has 89 heavy (non-hydrogen) atoms. The van der Waals surface area contributed by atoms with Gasteiger partial charge in [0.05, 0.1) is 0 Å². The van der Waals surface area contributed by atoms with Crippen molar-refractivity contribution in [2.45, 2.75) is 147 Å². The lowest BCUT2D eigenvalue weighted by Crippen LogP contribution is -2.63. The normalized spacial score (nSPS) is 28.2. The Morgan fingerprint density at radius 1 is 0.371 bits per heavy atom. The topological polar surface area (TPSA) is 55.4 Å². The molecule has 8 saturated carbocycles. The van der Waals surface area contributed by atoms with Crippen LogP contribution in [0.25, 0.3) is 20.2 Å². The fourth-order valence-electron chi connectivity index (χ4n) is 22.4. The predicted octanol–water partition coefficient (Wildman–Crippen LogP) is 15.1. The average molecular weight is 1200 g/mol. The standard InChI is InChI=1S/C78H71B3O6S2/c1-3-13-69-53(11-1)74-76(88-69)80-57-34-55-59(36-61(57)82-63-28-47(30-65(86-74)72(63)80)17-15-45-21-41-7-5-8-42(19-41)22-45)84-67-32-52(78-38-49-25-50(39-78)27-51(26-49)40-78)33-68-71(67)79(55)56-35-58-62(37-60(56)85-68)83-64-29-48(18-16-46-23-43-9-6-10-44(20-43)24-46)31-66-73(64)81(58)77-75(87-66)54-12-2-4-14-70(54)89-77/h1-4,11-14,28-37,41-46,49-51H,5-10,15-27,38-40H2. The Morgan fingerprint density at radius 2 is 0.742 bits per heavy atom. The van der Waals surface area contributed by atoms with Crippen LogP contribution in [-0.2, 0) is 18.3 Å². The fraction of sp³-hybridized carbons (Fsp3) is 0.410. The molecule has 11 heteroatoms. The van der Waals surface area contributed by atoms with E-state index in [9.17, 15) is 0 Å². The maximum atomic E-state index is 7.56. The third-order valence-electron chi connectivity index (χ3n) is 25.6. The largest absolute Gasteiger partial charge is 0.458 e. The van der Waals surface area contributed by atoms with Gasteiger partial charge in [-0.05, 0) is 261 Å². The van der Waals surface area contributed by atoms with Crippen LogP contribution < -0.4 is 76.2 Å². The van der Waals surface area contributed by atoms with Gasteiger partial charge in [0, 0.05) is 58.2 Å². The van der Waals surface area contributed by atoms with Gasteiger partial charge in [0.2, 0.25) is 0 Å². The van der Waals surface area contributed by atoms with Gasteiger partial charge in [0.1, 0.15) is 69.0 Å². The van der Waals surface area contributed by atoms with Crippen molar-refractivity contribution < 1.29 is 28.4 Å². The Bertz CT molecular complexity index is 4260. The summed E-state index contributed by atoms with van der Waals surface area (Å²) in [4.78, 5) is 0. The van der Waals surface area contributed by atoms with E-state index >= 15 is 0 Å². The minimum atomic E-state index is -0.179. The minimum Gasteiger partial charge on any atom is -0.458 e. The second kappa shape index (κ2) is 18.8. The molecule has 9 aromatic rings. The molecule has 4 unspecified atom stereocenters. The zero-order chi connectivity index (χ0) is 57.5. The van der Waals surface area contributed by atoms with Crippen molar-refractivity contribution in [1.82, 2.24) is 0 Å². The minimum absolute atomic E-state index is 0.0756. The molecule has 14 aliphatic rings. The first kappa shape index (κ1) is 51.1. The van der Waals surface area contributed by atoms with E-state index in [0.29, 0.717) is 0 Å². The van der Waals surface area contributed by atoms with Gasteiger partial charge in [-0.3, -0.25) is 0 Å². The molecule has 6 aliphatic heterocycles. The summed E-state index contributed by atoms with van der Waals surface area (Å²) in [5.41, 5.74) is 12.3. The fourth-order valence-corrected chi connectivity index (χ4v) is 25.0. The number of hydrogen-bond donors (Lipinski definition) is 0. The summed E-state index contributed by atoms with van der Waals surface area (Å²) in [6, 6.07) is 41.7. The number of hydrogen-bond acceptors (Lipinski definition) is 8. The Balaban J connectivity index is 0.701. The van der Waals surface area contributed by atoms with Gasteiger partial charge in [-0.15, -0.1) is 22.7 Å². The maximum absolute atomic E-state index is 7.56. The van der Waals surface area contributed by atoms with Crippen LogP contribution in [0.4, 0.5) is 0 Å². The molecule has 7 aromatic carbocycles. The summed E-state index contributed by atoms with van der Waals surface area (Å²) >= 11 is 3.75. The molecular weight excluding hydrogens is 1130 g/mol. The Morgan fingerprint density at radius 3 is 1.18 bits per heavy atom. The predicted molar refractivity (Wildman–Crippen MR) is 363 cm³/mol. The van der Waals surface area contributed by atoms with E-state index in [1.54, 1.807) is 0 Å². The van der Waals surface area contributed by atoms with Gasteiger partial charge in [-0.25, -0.2) is 0 Å². The third-order valence-corrected chi connectivity index (χ3v) is 28.0. The lowest BCUT2D eigenvalue weighted by molar-refractivity contribution is -0.00531. The van der Waals surface area contributed by atoms with Crippen molar-refractivity contribution in [3.63, 3.8) is 0 Å². The van der Waals surface area contributed by atoms with E-state index in [2.05, 4.69) is 109 Å². The van der Waals surface area contributed by atoms with Crippen molar-refractivity contribution in [1.29, 1.82) is 0 Å². The first-order chi connectivity index (χ1) is 43.9. The van der Waals surface area contributed by atoms with Gasteiger partial charge in [-0.1, -0.05) is 74.9 Å². The molecular formula is C78H71B3O6S2. The molecule has 8 fully saturated rings. The highest BCUT2D eigenvalue weighted by atomic mass is 32.1. The van der Waals surface area contributed by atoms with Crippen molar-refractivity contribution in [3.8, 4) is 69.0 Å². The van der Waals surface area contributed by atoms with E-state index in [1.807, 2.05) is 22.7 Å². The molecule has 6 nitrogen and oxygen atoms in total. The maximum Gasteiger partial charge on any atom is 0.273 e. The number of aryl methyl sites for hydroxylation is 2. The van der Waals surface area contributed by atoms with Crippen LogP contribution in [0.5, 0.6) is 69.0 Å². The average Bonchev–Trinajstić information content (AvgIpc) is 1.64. The Hall–Kier alpha value is -6.55. The molecule has 8 heterocycles. The second-order valence-corrected chi connectivity index (χ2v) is 33.2. The van der Waals surface area contributed by atoms with Crippen LogP contribution in [0, 0.1) is 53.3 Å². The summed E-state index contributed by atoms with van der Waals surface area (Å²) in [7, 11) is 0. The summed E-state index contributed by atoms with van der Waals surface area (Å²) in [6.45, 7) is -0.330. The number of ether oxygens (including phenoxy) is 6. The number of thiophene rings is 2. The van der Waals surface area contributed by atoms with Gasteiger partial charge in [-0.2, -0.15) is 0 Å². The van der Waals surface area contributed by atoms with Gasteiger partial charge >= 0.3 is 0 Å². The van der Waals surface area contributed by atoms with E-state index in [0.717, 1.165) is 162 Å². The lowest BCUT2D eigenvalue weighted by Gasteiger charge is -2.57. The van der Waals surface area contributed by atoms with E-state index in [1.165, 1.54) is 186 Å². The molecule has 8 aliphatic carbocycles. The zero-order valence-electron chi connectivity index (χ0n) is 50.6. The molecule has 23 rings (SSSR count). The van der Waals surface area contributed by atoms with Crippen molar-refractivity contribution in [3.05, 3.63) is 126 Å². The van der Waals surface area contributed by atoms with Crippen LogP contribution >= 0.6 is 22.7 Å². The monoisotopic (exact) mass is 1200 g/mol.